The van der Waals surface area contributed by atoms with E-state index in [1.54, 1.807) is 5.57 Å². The number of carbonyl (C=O) groups excluding carboxylic acids is 2. The van der Waals surface area contributed by atoms with Gasteiger partial charge in [-0.3, -0.25) is 9.59 Å². The Hall–Kier alpha value is -1.32. The molecule has 1 amide bonds. The molecule has 4 unspecified atom stereocenters. The minimum atomic E-state index is -0.0242. The summed E-state index contributed by atoms with van der Waals surface area (Å²) in [5.74, 6) is 1.30. The molecule has 6 atom stereocenters. The zero-order chi connectivity index (χ0) is 19.1. The Morgan fingerprint density at radius 3 is 2.50 bits per heavy atom. The fourth-order valence-electron chi connectivity index (χ4n) is 6.51. The van der Waals surface area contributed by atoms with Crippen LogP contribution >= 0.6 is 0 Å². The highest BCUT2D eigenvalue weighted by Crippen LogP contribution is 2.64. The third-order valence-electron chi connectivity index (χ3n) is 8.01. The van der Waals surface area contributed by atoms with Crippen molar-refractivity contribution in [2.24, 2.45) is 28.6 Å². The number of nitrogens with one attached hydrogen (secondary N) is 1. The summed E-state index contributed by atoms with van der Waals surface area (Å²) in [6.45, 7) is 8.69. The molecule has 0 bridgehead atoms. The molecule has 2 saturated carbocycles. The van der Waals surface area contributed by atoms with Crippen LogP contribution in [0.25, 0.3) is 0 Å². The Kier molecular flexibility index (Phi) is 5.24. The predicted octanol–water partition coefficient (Wildman–Crippen LogP) is 4.24. The van der Waals surface area contributed by atoms with Crippen molar-refractivity contribution in [3.63, 3.8) is 0 Å². The molecule has 0 aromatic heterocycles. The van der Waals surface area contributed by atoms with Gasteiger partial charge in [0, 0.05) is 12.5 Å². The lowest BCUT2D eigenvalue weighted by Gasteiger charge is -2.56. The lowest BCUT2D eigenvalue weighted by Crippen LogP contribution is -2.58. The zero-order valence-corrected chi connectivity index (χ0v) is 17.1. The van der Waals surface area contributed by atoms with E-state index < -0.39 is 0 Å². The highest BCUT2D eigenvalue weighted by molar-refractivity contribution is 5.77. The van der Waals surface area contributed by atoms with Gasteiger partial charge in [0.15, 0.2) is 0 Å². The lowest BCUT2D eigenvalue weighted by atomic mass is 9.50. The number of hydrogen-bond donors (Lipinski definition) is 1. The van der Waals surface area contributed by atoms with Gasteiger partial charge in [0.1, 0.15) is 0 Å². The van der Waals surface area contributed by atoms with Gasteiger partial charge in [0.05, 0.1) is 13.0 Å². The van der Waals surface area contributed by atoms with Gasteiger partial charge in [-0.1, -0.05) is 39.3 Å². The number of rotatable bonds is 1. The molecule has 26 heavy (non-hydrogen) atoms. The van der Waals surface area contributed by atoms with Crippen molar-refractivity contribution in [1.82, 2.24) is 5.32 Å². The van der Waals surface area contributed by atoms with E-state index in [1.165, 1.54) is 7.11 Å². The predicted molar refractivity (Wildman–Crippen MR) is 102 cm³/mol. The van der Waals surface area contributed by atoms with Crippen LogP contribution in [0.4, 0.5) is 0 Å². The van der Waals surface area contributed by atoms with Gasteiger partial charge < -0.3 is 10.1 Å². The van der Waals surface area contributed by atoms with Crippen LogP contribution in [-0.4, -0.2) is 25.0 Å². The van der Waals surface area contributed by atoms with Crippen molar-refractivity contribution in [2.45, 2.75) is 78.7 Å². The van der Waals surface area contributed by atoms with Crippen molar-refractivity contribution < 1.29 is 14.3 Å². The van der Waals surface area contributed by atoms with Gasteiger partial charge in [-0.05, 0) is 61.2 Å². The van der Waals surface area contributed by atoms with E-state index in [-0.39, 0.29) is 34.7 Å². The Bertz CT molecular complexity index is 613. The maximum absolute atomic E-state index is 12.3. The van der Waals surface area contributed by atoms with E-state index in [0.717, 1.165) is 38.5 Å². The molecule has 146 valence electrons. The number of fused-ring (bicyclic) bond motifs is 5. The highest BCUT2D eigenvalue weighted by Gasteiger charge is 2.59. The van der Waals surface area contributed by atoms with Crippen molar-refractivity contribution in [1.29, 1.82) is 0 Å². The monoisotopic (exact) mass is 361 g/mol. The maximum atomic E-state index is 12.3. The molecule has 0 radical (unpaired) electrons. The molecule has 0 aromatic rings. The SMILES string of the molecule is CC.COC(=O)C1CCC2C3=CCC4NC(=O)CC[C@]4(C)C3CC[C@]12C. The second kappa shape index (κ2) is 7.01. The van der Waals surface area contributed by atoms with Crippen molar-refractivity contribution >= 4 is 11.9 Å². The van der Waals surface area contributed by atoms with Crippen LogP contribution in [0.15, 0.2) is 11.6 Å². The van der Waals surface area contributed by atoms with Crippen LogP contribution < -0.4 is 5.32 Å². The molecule has 4 rings (SSSR count). The fraction of sp³-hybridized carbons (Fsp3) is 0.818. The van der Waals surface area contributed by atoms with E-state index in [2.05, 4.69) is 25.2 Å². The average molecular weight is 362 g/mol. The number of carbonyl (C=O) groups is 2. The minimum absolute atomic E-state index is 0.0242. The van der Waals surface area contributed by atoms with Crippen LogP contribution in [-0.2, 0) is 14.3 Å². The third kappa shape index (κ3) is 2.71. The van der Waals surface area contributed by atoms with Gasteiger partial charge in [0.25, 0.3) is 0 Å². The summed E-state index contributed by atoms with van der Waals surface area (Å²) in [4.78, 5) is 24.1. The Balaban J connectivity index is 0.000000948. The molecule has 1 N–H and O–H groups in total. The molecule has 1 saturated heterocycles. The summed E-state index contributed by atoms with van der Waals surface area (Å²) in [7, 11) is 1.51. The number of esters is 1. The minimum Gasteiger partial charge on any atom is -0.469 e. The molecule has 3 aliphatic carbocycles. The first kappa shape index (κ1) is 19.4. The summed E-state index contributed by atoms with van der Waals surface area (Å²) in [6, 6.07) is 0.287. The summed E-state index contributed by atoms with van der Waals surface area (Å²) < 4.78 is 5.10. The van der Waals surface area contributed by atoms with E-state index in [4.69, 9.17) is 4.74 Å². The lowest BCUT2D eigenvalue weighted by molar-refractivity contribution is -0.150. The van der Waals surface area contributed by atoms with Crippen LogP contribution in [0, 0.1) is 28.6 Å². The van der Waals surface area contributed by atoms with Gasteiger partial charge in [-0.2, -0.15) is 0 Å². The Labute approximate surface area is 158 Å². The van der Waals surface area contributed by atoms with E-state index in [9.17, 15) is 9.59 Å². The smallest absolute Gasteiger partial charge is 0.309 e. The van der Waals surface area contributed by atoms with Crippen LogP contribution in [0.1, 0.15) is 72.6 Å². The summed E-state index contributed by atoms with van der Waals surface area (Å²) >= 11 is 0. The molecule has 3 fully saturated rings. The van der Waals surface area contributed by atoms with Crippen LogP contribution in [0.5, 0.6) is 0 Å². The van der Waals surface area contributed by atoms with Gasteiger partial charge in [-0.25, -0.2) is 0 Å². The molecular weight excluding hydrogens is 326 g/mol. The molecule has 1 heterocycles. The first-order chi connectivity index (χ1) is 12.4. The number of hydrogen-bond acceptors (Lipinski definition) is 3. The number of methoxy groups -OCH3 is 1. The van der Waals surface area contributed by atoms with Gasteiger partial charge >= 0.3 is 5.97 Å². The Morgan fingerprint density at radius 2 is 1.81 bits per heavy atom. The molecular formula is C22H35NO3. The van der Waals surface area contributed by atoms with Crippen molar-refractivity contribution in [2.75, 3.05) is 7.11 Å². The molecule has 0 spiro atoms. The number of ether oxygens (including phenoxy) is 1. The highest BCUT2D eigenvalue weighted by atomic mass is 16.5. The maximum Gasteiger partial charge on any atom is 0.309 e. The summed E-state index contributed by atoms with van der Waals surface area (Å²) in [6.07, 6.45) is 9.29. The second-order valence-corrected chi connectivity index (χ2v) is 8.87. The number of allylic oxidation sites excluding steroid dienone is 1. The van der Waals surface area contributed by atoms with Crippen molar-refractivity contribution in [3.05, 3.63) is 11.6 Å². The first-order valence-electron chi connectivity index (χ1n) is 10.5. The topological polar surface area (TPSA) is 55.4 Å². The normalized spacial score (nSPS) is 43.6. The molecule has 0 aromatic carbocycles. The molecule has 4 heteroatoms. The van der Waals surface area contributed by atoms with E-state index in [0.29, 0.717) is 18.3 Å². The molecule has 1 aliphatic heterocycles. The second-order valence-electron chi connectivity index (χ2n) is 8.87. The standard InChI is InChI=1S/C20H29NO3.C2H6/c1-19-10-8-14-12(13(19)5-6-15(19)18(23)24-3)4-7-16-20(14,2)11-9-17(22)21-16;1-2/h4,13-16H,5-11H2,1-3H3,(H,21,22);1-2H3/t13?,14?,15?,16?,19-,20+;/m0./s1. The molecule has 4 nitrogen and oxygen atoms in total. The van der Waals surface area contributed by atoms with Gasteiger partial charge in [-0.15, -0.1) is 0 Å². The first-order valence-corrected chi connectivity index (χ1v) is 10.5. The van der Waals surface area contributed by atoms with Crippen LogP contribution in [0.2, 0.25) is 0 Å². The van der Waals surface area contributed by atoms with E-state index >= 15 is 0 Å². The zero-order valence-electron chi connectivity index (χ0n) is 17.1. The average Bonchev–Trinajstić information content (AvgIpc) is 3.00. The molecule has 4 aliphatic rings. The van der Waals surface area contributed by atoms with Gasteiger partial charge in [0.2, 0.25) is 5.91 Å². The third-order valence-corrected chi connectivity index (χ3v) is 8.01. The fourth-order valence-corrected chi connectivity index (χ4v) is 6.51. The van der Waals surface area contributed by atoms with Crippen LogP contribution in [0.3, 0.4) is 0 Å². The number of amides is 1. The van der Waals surface area contributed by atoms with Crippen molar-refractivity contribution in [3.8, 4) is 0 Å². The number of piperidine rings is 1. The summed E-state index contributed by atoms with van der Waals surface area (Å²) in [5.41, 5.74) is 1.82. The quantitative estimate of drug-likeness (QED) is 0.561. The largest absolute Gasteiger partial charge is 0.469 e. The summed E-state index contributed by atoms with van der Waals surface area (Å²) in [5, 5.41) is 3.24. The Morgan fingerprint density at radius 1 is 1.12 bits per heavy atom. The van der Waals surface area contributed by atoms with E-state index in [1.807, 2.05) is 13.8 Å².